The summed E-state index contributed by atoms with van der Waals surface area (Å²) in [6.45, 7) is 0.713. The van der Waals surface area contributed by atoms with Gasteiger partial charge in [-0.05, 0) is 11.8 Å². The molecular weight excluding hydrogens is 252 g/mol. The molecule has 0 unspecified atom stereocenters. The summed E-state index contributed by atoms with van der Waals surface area (Å²) in [6.07, 6.45) is 2.41. The molecule has 0 fully saturated rings. The molecule has 1 aromatic carbocycles. The van der Waals surface area contributed by atoms with Gasteiger partial charge in [0, 0.05) is 17.9 Å². The van der Waals surface area contributed by atoms with E-state index in [4.69, 9.17) is 18.0 Å². The summed E-state index contributed by atoms with van der Waals surface area (Å²) in [5.41, 5.74) is 7.29. The number of hydrogen-bond acceptors (Lipinski definition) is 3. The van der Waals surface area contributed by atoms with E-state index in [0.29, 0.717) is 18.0 Å². The lowest BCUT2D eigenvalue weighted by Gasteiger charge is -2.05. The number of thiocarbonyl (C=S) groups is 1. The van der Waals surface area contributed by atoms with Crippen molar-refractivity contribution in [3.05, 3.63) is 35.4 Å². The van der Waals surface area contributed by atoms with Crippen LogP contribution in [-0.4, -0.2) is 29.4 Å². The highest BCUT2D eigenvalue weighted by atomic mass is 32.2. The van der Waals surface area contributed by atoms with Crippen LogP contribution in [0.5, 0.6) is 0 Å². The molecule has 0 radical (unpaired) electrons. The van der Waals surface area contributed by atoms with E-state index in [0.717, 1.165) is 16.9 Å². The Kier molecular flexibility index (Phi) is 6.00. The fourth-order valence-electron chi connectivity index (χ4n) is 1.33. The van der Waals surface area contributed by atoms with Crippen LogP contribution in [0.4, 0.5) is 0 Å². The molecule has 1 rings (SSSR count). The van der Waals surface area contributed by atoms with E-state index in [1.807, 2.05) is 30.5 Å². The van der Waals surface area contributed by atoms with Crippen molar-refractivity contribution >= 4 is 34.9 Å². The number of nitrogens with two attached hydrogens (primary N) is 1. The standard InChI is InChI=1S/C12H16N2OS2/c1-17-7-6-14-11(15)8-9-2-4-10(5-3-9)12(13)16/h2-5H,6-8H2,1H3,(H2,13,16)(H,14,15). The lowest BCUT2D eigenvalue weighted by Crippen LogP contribution is -2.27. The van der Waals surface area contributed by atoms with Gasteiger partial charge in [-0.25, -0.2) is 0 Å². The van der Waals surface area contributed by atoms with Crippen LogP contribution in [0.2, 0.25) is 0 Å². The monoisotopic (exact) mass is 268 g/mol. The molecule has 1 aromatic rings. The molecule has 92 valence electrons. The number of carbonyl (C=O) groups excluding carboxylic acids is 1. The van der Waals surface area contributed by atoms with Gasteiger partial charge in [-0.15, -0.1) is 0 Å². The molecule has 3 nitrogen and oxygen atoms in total. The molecule has 0 aliphatic carbocycles. The number of thioether (sulfide) groups is 1. The van der Waals surface area contributed by atoms with Crippen LogP contribution in [-0.2, 0) is 11.2 Å². The third-order valence-corrected chi connectivity index (χ3v) is 3.08. The summed E-state index contributed by atoms with van der Waals surface area (Å²) >= 11 is 6.57. The molecule has 5 heteroatoms. The van der Waals surface area contributed by atoms with Crippen molar-refractivity contribution in [2.24, 2.45) is 5.73 Å². The third kappa shape index (κ3) is 5.19. The van der Waals surface area contributed by atoms with Gasteiger partial charge >= 0.3 is 0 Å². The minimum Gasteiger partial charge on any atom is -0.389 e. The van der Waals surface area contributed by atoms with Gasteiger partial charge in [0.05, 0.1) is 6.42 Å². The Hall–Kier alpha value is -1.07. The second-order valence-corrected chi connectivity index (χ2v) is 5.01. The average Bonchev–Trinajstić information content (AvgIpc) is 2.30. The van der Waals surface area contributed by atoms with Crippen molar-refractivity contribution in [1.82, 2.24) is 5.32 Å². The number of carbonyl (C=O) groups is 1. The lowest BCUT2D eigenvalue weighted by atomic mass is 10.1. The highest BCUT2D eigenvalue weighted by Gasteiger charge is 2.03. The van der Waals surface area contributed by atoms with Crippen molar-refractivity contribution in [2.45, 2.75) is 6.42 Å². The van der Waals surface area contributed by atoms with Crippen LogP contribution in [0, 0.1) is 0 Å². The first-order valence-corrected chi connectivity index (χ1v) is 7.08. The van der Waals surface area contributed by atoms with Crippen LogP contribution in [0.25, 0.3) is 0 Å². The van der Waals surface area contributed by atoms with E-state index in [1.54, 1.807) is 11.8 Å². The summed E-state index contributed by atoms with van der Waals surface area (Å²) in [5.74, 6) is 0.980. The highest BCUT2D eigenvalue weighted by molar-refractivity contribution is 7.98. The van der Waals surface area contributed by atoms with Crippen molar-refractivity contribution in [1.29, 1.82) is 0 Å². The Morgan fingerprint density at radius 1 is 1.41 bits per heavy atom. The number of hydrogen-bond donors (Lipinski definition) is 2. The van der Waals surface area contributed by atoms with Crippen LogP contribution in [0.3, 0.4) is 0 Å². The van der Waals surface area contributed by atoms with Gasteiger partial charge in [-0.1, -0.05) is 36.5 Å². The van der Waals surface area contributed by atoms with Crippen molar-refractivity contribution in [3.8, 4) is 0 Å². The maximum atomic E-state index is 11.5. The molecular formula is C12H16N2OS2. The Bertz CT molecular complexity index is 390. The minimum absolute atomic E-state index is 0.0436. The van der Waals surface area contributed by atoms with Gasteiger partial charge in [-0.2, -0.15) is 11.8 Å². The number of benzene rings is 1. The zero-order valence-electron chi connectivity index (χ0n) is 9.73. The highest BCUT2D eigenvalue weighted by Crippen LogP contribution is 2.05. The quantitative estimate of drug-likeness (QED) is 0.604. The van der Waals surface area contributed by atoms with Crippen LogP contribution in [0.15, 0.2) is 24.3 Å². The first-order valence-electron chi connectivity index (χ1n) is 5.28. The van der Waals surface area contributed by atoms with Gasteiger partial charge in [0.1, 0.15) is 4.99 Å². The summed E-state index contributed by atoms with van der Waals surface area (Å²) in [6, 6.07) is 7.44. The summed E-state index contributed by atoms with van der Waals surface area (Å²) in [4.78, 5) is 11.9. The fourth-order valence-corrected chi connectivity index (χ4v) is 1.77. The smallest absolute Gasteiger partial charge is 0.224 e. The Balaban J connectivity index is 2.46. The third-order valence-electron chi connectivity index (χ3n) is 2.23. The molecule has 0 saturated heterocycles. The minimum atomic E-state index is 0.0436. The van der Waals surface area contributed by atoms with Gasteiger partial charge in [0.15, 0.2) is 0 Å². The van der Waals surface area contributed by atoms with E-state index in [1.165, 1.54) is 0 Å². The summed E-state index contributed by atoms with van der Waals surface area (Å²) in [7, 11) is 0. The van der Waals surface area contributed by atoms with Gasteiger partial charge in [-0.3, -0.25) is 4.79 Å². The van der Waals surface area contributed by atoms with Gasteiger partial charge in [0.2, 0.25) is 5.91 Å². The number of nitrogens with one attached hydrogen (secondary N) is 1. The van der Waals surface area contributed by atoms with Crippen LogP contribution < -0.4 is 11.1 Å². The zero-order chi connectivity index (χ0) is 12.7. The Labute approximate surface area is 111 Å². The molecule has 17 heavy (non-hydrogen) atoms. The lowest BCUT2D eigenvalue weighted by molar-refractivity contribution is -0.120. The van der Waals surface area contributed by atoms with E-state index in [-0.39, 0.29) is 5.91 Å². The largest absolute Gasteiger partial charge is 0.389 e. The fraction of sp³-hybridized carbons (Fsp3) is 0.333. The molecule has 0 heterocycles. The number of amides is 1. The van der Waals surface area contributed by atoms with E-state index in [2.05, 4.69) is 5.32 Å². The molecule has 0 spiro atoms. The van der Waals surface area contributed by atoms with Crippen LogP contribution in [0.1, 0.15) is 11.1 Å². The molecule has 0 atom stereocenters. The predicted octanol–water partition coefficient (Wildman–Crippen LogP) is 1.34. The van der Waals surface area contributed by atoms with Crippen molar-refractivity contribution in [2.75, 3.05) is 18.6 Å². The zero-order valence-corrected chi connectivity index (χ0v) is 11.4. The second kappa shape index (κ2) is 7.29. The summed E-state index contributed by atoms with van der Waals surface area (Å²) in [5, 5.41) is 2.86. The molecule has 0 aliphatic heterocycles. The van der Waals surface area contributed by atoms with Gasteiger partial charge in [0.25, 0.3) is 0 Å². The molecule has 0 aliphatic rings. The molecule has 1 amide bonds. The Morgan fingerprint density at radius 3 is 2.59 bits per heavy atom. The SMILES string of the molecule is CSCCNC(=O)Cc1ccc(C(N)=S)cc1. The normalized spacial score (nSPS) is 9.94. The van der Waals surface area contributed by atoms with E-state index < -0.39 is 0 Å². The predicted molar refractivity (Wildman–Crippen MR) is 77.4 cm³/mol. The number of rotatable bonds is 6. The molecule has 3 N–H and O–H groups in total. The Morgan fingerprint density at radius 2 is 2.06 bits per heavy atom. The van der Waals surface area contributed by atoms with Crippen molar-refractivity contribution in [3.63, 3.8) is 0 Å². The topological polar surface area (TPSA) is 55.1 Å². The first kappa shape index (κ1) is 14.0. The first-order chi connectivity index (χ1) is 8.13. The molecule has 0 saturated carbocycles. The maximum Gasteiger partial charge on any atom is 0.224 e. The van der Waals surface area contributed by atoms with E-state index >= 15 is 0 Å². The molecule has 0 aromatic heterocycles. The van der Waals surface area contributed by atoms with Crippen molar-refractivity contribution < 1.29 is 4.79 Å². The van der Waals surface area contributed by atoms with Gasteiger partial charge < -0.3 is 11.1 Å². The van der Waals surface area contributed by atoms with Crippen LogP contribution >= 0.6 is 24.0 Å². The average molecular weight is 268 g/mol. The summed E-state index contributed by atoms with van der Waals surface area (Å²) < 4.78 is 0. The van der Waals surface area contributed by atoms with E-state index in [9.17, 15) is 4.79 Å². The second-order valence-electron chi connectivity index (χ2n) is 3.58. The maximum absolute atomic E-state index is 11.5. The molecule has 0 bridgehead atoms.